The minimum absolute atomic E-state index is 0.384. The minimum atomic E-state index is -1.09. The van der Waals surface area contributed by atoms with Gasteiger partial charge in [-0.2, -0.15) is 0 Å². The SMILES string of the molecule is C=C[SiH](CCCOCC1CO1)OC. The fourth-order valence-corrected chi connectivity index (χ4v) is 2.33. The van der Waals surface area contributed by atoms with E-state index in [1.165, 1.54) is 0 Å². The Kier molecular flexibility index (Phi) is 5.30. The third kappa shape index (κ3) is 5.20. The second-order valence-corrected chi connectivity index (χ2v) is 5.78. The van der Waals surface area contributed by atoms with Crippen LogP contribution in [0.3, 0.4) is 0 Å². The molecule has 0 N–H and O–H groups in total. The van der Waals surface area contributed by atoms with Gasteiger partial charge in [-0.05, 0) is 12.5 Å². The van der Waals surface area contributed by atoms with Gasteiger partial charge in [-0.15, -0.1) is 6.58 Å². The first-order valence-corrected chi connectivity index (χ1v) is 6.67. The molecule has 1 saturated heterocycles. The molecule has 4 heteroatoms. The molecule has 0 saturated carbocycles. The standard InChI is InChI=1S/C9H18O3Si/c1-3-13(10-2)6-4-5-11-7-9-8-12-9/h3,9,13H,1,4-8H2,2H3. The Morgan fingerprint density at radius 2 is 2.46 bits per heavy atom. The predicted octanol–water partition coefficient (Wildman–Crippen LogP) is 0.887. The number of epoxide rings is 1. The van der Waals surface area contributed by atoms with Crippen molar-refractivity contribution in [2.24, 2.45) is 0 Å². The van der Waals surface area contributed by atoms with Crippen molar-refractivity contribution in [3.05, 3.63) is 12.3 Å². The second-order valence-electron chi connectivity index (χ2n) is 3.18. The summed E-state index contributed by atoms with van der Waals surface area (Å²) in [6.07, 6.45) is 1.46. The molecule has 0 aromatic heterocycles. The summed E-state index contributed by atoms with van der Waals surface area (Å²) >= 11 is 0. The average Bonchev–Trinajstić information content (AvgIpc) is 2.95. The van der Waals surface area contributed by atoms with Crippen LogP contribution in [-0.2, 0) is 13.9 Å². The molecule has 0 aromatic carbocycles. The molecule has 0 spiro atoms. The van der Waals surface area contributed by atoms with Crippen LogP contribution in [0.1, 0.15) is 6.42 Å². The molecule has 0 radical (unpaired) electrons. The highest BCUT2D eigenvalue weighted by Gasteiger charge is 2.21. The summed E-state index contributed by atoms with van der Waals surface area (Å²) in [6.45, 7) is 6.20. The molecule has 1 rings (SSSR count). The first kappa shape index (κ1) is 10.9. The fourth-order valence-electron chi connectivity index (χ4n) is 1.10. The van der Waals surface area contributed by atoms with Gasteiger partial charge in [0, 0.05) is 13.7 Å². The molecular formula is C9H18O3Si. The Balaban J connectivity index is 1.83. The van der Waals surface area contributed by atoms with Gasteiger partial charge >= 0.3 is 0 Å². The normalized spacial score (nSPS) is 22.7. The Hall–Kier alpha value is -0.163. The van der Waals surface area contributed by atoms with Crippen LogP contribution in [0.25, 0.3) is 0 Å². The summed E-state index contributed by atoms with van der Waals surface area (Å²) < 4.78 is 15.7. The Morgan fingerprint density at radius 1 is 1.69 bits per heavy atom. The van der Waals surface area contributed by atoms with Crippen molar-refractivity contribution in [2.75, 3.05) is 26.9 Å². The van der Waals surface area contributed by atoms with E-state index in [2.05, 4.69) is 6.58 Å². The first-order valence-electron chi connectivity index (χ1n) is 4.71. The van der Waals surface area contributed by atoms with Crippen LogP contribution in [0.4, 0.5) is 0 Å². The lowest BCUT2D eigenvalue weighted by Crippen LogP contribution is -2.13. The van der Waals surface area contributed by atoms with Crippen molar-refractivity contribution in [3.63, 3.8) is 0 Å². The molecule has 2 atom stereocenters. The zero-order valence-electron chi connectivity index (χ0n) is 8.20. The molecule has 2 unspecified atom stereocenters. The van der Waals surface area contributed by atoms with Gasteiger partial charge in [0.15, 0.2) is 9.04 Å². The van der Waals surface area contributed by atoms with E-state index >= 15 is 0 Å². The summed E-state index contributed by atoms with van der Waals surface area (Å²) in [5, 5.41) is 0. The highest BCUT2D eigenvalue weighted by atomic mass is 28.3. The van der Waals surface area contributed by atoms with Gasteiger partial charge in [-0.1, -0.05) is 5.70 Å². The fraction of sp³-hybridized carbons (Fsp3) is 0.778. The maximum absolute atomic E-state index is 5.40. The maximum Gasteiger partial charge on any atom is 0.200 e. The average molecular weight is 202 g/mol. The van der Waals surface area contributed by atoms with Crippen LogP contribution in [0.2, 0.25) is 6.04 Å². The van der Waals surface area contributed by atoms with E-state index in [9.17, 15) is 0 Å². The van der Waals surface area contributed by atoms with Gasteiger partial charge < -0.3 is 13.9 Å². The third-order valence-corrected chi connectivity index (χ3v) is 4.16. The largest absolute Gasteiger partial charge is 0.419 e. The van der Waals surface area contributed by atoms with E-state index in [4.69, 9.17) is 13.9 Å². The molecule has 76 valence electrons. The maximum atomic E-state index is 5.40. The number of ether oxygens (including phenoxy) is 2. The van der Waals surface area contributed by atoms with Crippen molar-refractivity contribution in [2.45, 2.75) is 18.6 Å². The van der Waals surface area contributed by atoms with Gasteiger partial charge in [-0.25, -0.2) is 0 Å². The van der Waals surface area contributed by atoms with E-state index in [1.54, 1.807) is 7.11 Å². The lowest BCUT2D eigenvalue weighted by Gasteiger charge is -2.07. The van der Waals surface area contributed by atoms with Gasteiger partial charge in [0.05, 0.1) is 13.2 Å². The molecule has 3 nitrogen and oxygen atoms in total. The first-order chi connectivity index (χ1) is 6.36. The molecular weight excluding hydrogens is 184 g/mol. The summed E-state index contributed by atoms with van der Waals surface area (Å²) in [7, 11) is 0.670. The molecule has 0 amide bonds. The zero-order chi connectivity index (χ0) is 9.52. The number of rotatable bonds is 8. The van der Waals surface area contributed by atoms with Crippen LogP contribution in [0.5, 0.6) is 0 Å². The monoisotopic (exact) mass is 202 g/mol. The van der Waals surface area contributed by atoms with Crippen molar-refractivity contribution < 1.29 is 13.9 Å². The lowest BCUT2D eigenvalue weighted by atomic mass is 10.5. The molecule has 1 aliphatic rings. The van der Waals surface area contributed by atoms with Crippen LogP contribution in [0, 0.1) is 0 Å². The smallest absolute Gasteiger partial charge is 0.200 e. The van der Waals surface area contributed by atoms with Crippen LogP contribution in [0.15, 0.2) is 12.3 Å². The topological polar surface area (TPSA) is 31.0 Å². The molecule has 0 aliphatic carbocycles. The van der Waals surface area contributed by atoms with E-state index < -0.39 is 9.04 Å². The highest BCUT2D eigenvalue weighted by molar-refractivity contribution is 6.57. The van der Waals surface area contributed by atoms with E-state index in [0.717, 1.165) is 32.3 Å². The van der Waals surface area contributed by atoms with Crippen molar-refractivity contribution >= 4 is 9.04 Å². The molecule has 1 aliphatic heterocycles. The number of hydrogen-bond donors (Lipinski definition) is 0. The Labute approximate surface area is 81.4 Å². The molecule has 13 heavy (non-hydrogen) atoms. The van der Waals surface area contributed by atoms with Crippen LogP contribution < -0.4 is 0 Å². The summed E-state index contributed by atoms with van der Waals surface area (Å²) in [5.74, 6) is 0. The van der Waals surface area contributed by atoms with Gasteiger partial charge in [0.1, 0.15) is 6.10 Å². The highest BCUT2D eigenvalue weighted by Crippen LogP contribution is 2.09. The van der Waals surface area contributed by atoms with Crippen molar-refractivity contribution in [3.8, 4) is 0 Å². The minimum Gasteiger partial charge on any atom is -0.419 e. The number of hydrogen-bond acceptors (Lipinski definition) is 3. The summed E-state index contributed by atoms with van der Waals surface area (Å²) in [4.78, 5) is 0. The van der Waals surface area contributed by atoms with Crippen molar-refractivity contribution in [1.29, 1.82) is 0 Å². The van der Waals surface area contributed by atoms with Crippen LogP contribution >= 0.6 is 0 Å². The van der Waals surface area contributed by atoms with E-state index in [-0.39, 0.29) is 0 Å². The van der Waals surface area contributed by atoms with Gasteiger partial charge in [0.2, 0.25) is 0 Å². The third-order valence-electron chi connectivity index (χ3n) is 2.05. The summed E-state index contributed by atoms with van der Waals surface area (Å²) in [6, 6.07) is 1.12. The van der Waals surface area contributed by atoms with E-state index in [0.29, 0.717) is 6.10 Å². The molecule has 1 heterocycles. The zero-order valence-corrected chi connectivity index (χ0v) is 9.35. The Morgan fingerprint density at radius 3 is 3.00 bits per heavy atom. The molecule has 1 fully saturated rings. The lowest BCUT2D eigenvalue weighted by molar-refractivity contribution is 0.116. The van der Waals surface area contributed by atoms with Gasteiger partial charge in [-0.3, -0.25) is 0 Å². The summed E-state index contributed by atoms with van der Waals surface area (Å²) in [5.41, 5.74) is 1.96. The van der Waals surface area contributed by atoms with Gasteiger partial charge in [0.25, 0.3) is 0 Å². The Bertz CT molecular complexity index is 148. The molecule has 0 bridgehead atoms. The molecule has 0 aromatic rings. The second kappa shape index (κ2) is 6.31. The van der Waals surface area contributed by atoms with Crippen molar-refractivity contribution in [1.82, 2.24) is 0 Å². The van der Waals surface area contributed by atoms with E-state index in [1.807, 2.05) is 5.70 Å². The predicted molar refractivity (Wildman–Crippen MR) is 54.3 cm³/mol. The van der Waals surface area contributed by atoms with Crippen LogP contribution in [-0.4, -0.2) is 42.1 Å². The quantitative estimate of drug-likeness (QED) is 0.333.